The number of aromatic nitrogens is 1. The van der Waals surface area contributed by atoms with E-state index in [1.54, 1.807) is 12.3 Å². The quantitative estimate of drug-likeness (QED) is 0.726. The first-order chi connectivity index (χ1) is 10.6. The summed E-state index contributed by atoms with van der Waals surface area (Å²) in [6.45, 7) is 2.05. The molecule has 0 bridgehead atoms. The number of carbonyl (C=O) groups excluding carboxylic acids is 1. The van der Waals surface area contributed by atoms with Crippen molar-refractivity contribution in [1.82, 2.24) is 4.98 Å². The molecule has 0 aliphatic carbocycles. The maximum Gasteiger partial charge on any atom is 0.260 e. The van der Waals surface area contributed by atoms with Crippen molar-refractivity contribution in [2.75, 3.05) is 4.90 Å². The molecule has 110 valence electrons. The number of nitrogens with zero attached hydrogens (tertiary/aromatic N) is 1. The second-order valence-electron chi connectivity index (χ2n) is 5.75. The van der Waals surface area contributed by atoms with Gasteiger partial charge in [-0.3, -0.25) is 4.79 Å². The Morgan fingerprint density at radius 3 is 2.95 bits per heavy atom. The smallest absolute Gasteiger partial charge is 0.260 e. The van der Waals surface area contributed by atoms with Gasteiger partial charge in [0.15, 0.2) is 0 Å². The lowest BCUT2D eigenvalue weighted by Crippen LogP contribution is -2.35. The Kier molecular flexibility index (Phi) is 2.79. The van der Waals surface area contributed by atoms with Gasteiger partial charge in [-0.2, -0.15) is 0 Å². The van der Waals surface area contributed by atoms with Crippen molar-refractivity contribution in [1.29, 1.82) is 0 Å². The summed E-state index contributed by atoms with van der Waals surface area (Å²) in [7, 11) is 0. The molecule has 4 heteroatoms. The number of para-hydroxylation sites is 1. The van der Waals surface area contributed by atoms with Gasteiger partial charge < -0.3 is 9.88 Å². The van der Waals surface area contributed by atoms with Crippen LogP contribution in [-0.4, -0.2) is 16.9 Å². The minimum Gasteiger partial charge on any atom is -0.360 e. The van der Waals surface area contributed by atoms with E-state index in [0.29, 0.717) is 11.1 Å². The van der Waals surface area contributed by atoms with Gasteiger partial charge in [0.25, 0.3) is 5.91 Å². The van der Waals surface area contributed by atoms with E-state index >= 15 is 0 Å². The number of carbonyl (C=O) groups is 1. The molecule has 22 heavy (non-hydrogen) atoms. The van der Waals surface area contributed by atoms with E-state index in [-0.39, 0.29) is 17.8 Å². The molecule has 1 aromatic heterocycles. The van der Waals surface area contributed by atoms with Crippen molar-refractivity contribution < 1.29 is 9.18 Å². The number of rotatable bonds is 1. The van der Waals surface area contributed by atoms with Crippen molar-refractivity contribution in [3.05, 3.63) is 65.6 Å². The molecule has 3 nitrogen and oxygen atoms in total. The fourth-order valence-electron chi connectivity index (χ4n) is 3.28. The van der Waals surface area contributed by atoms with Gasteiger partial charge in [0.1, 0.15) is 5.82 Å². The summed E-state index contributed by atoms with van der Waals surface area (Å²) in [5.74, 6) is -0.358. The fraction of sp³-hybridized carbons (Fsp3) is 0.167. The lowest BCUT2D eigenvalue weighted by Gasteiger charge is -2.22. The van der Waals surface area contributed by atoms with Crippen molar-refractivity contribution in [3.63, 3.8) is 0 Å². The number of halogens is 1. The lowest BCUT2D eigenvalue weighted by atomic mass is 10.1. The summed E-state index contributed by atoms with van der Waals surface area (Å²) >= 11 is 0. The van der Waals surface area contributed by atoms with Gasteiger partial charge in [-0.25, -0.2) is 4.39 Å². The van der Waals surface area contributed by atoms with E-state index in [2.05, 4.69) is 11.1 Å². The maximum absolute atomic E-state index is 13.3. The minimum atomic E-state index is -0.312. The van der Waals surface area contributed by atoms with Crippen molar-refractivity contribution in [2.24, 2.45) is 0 Å². The molecule has 1 atom stereocenters. The standard InChI is InChI=1S/C18H15FN2O/c1-11-8-12-4-2-3-5-17(12)21(11)18(22)15-10-20-16-9-13(19)6-7-14(15)16/h2-7,9-11,20H,8H2,1H3. The first-order valence-electron chi connectivity index (χ1n) is 7.33. The Labute approximate surface area is 127 Å². The van der Waals surface area contributed by atoms with Crippen LogP contribution in [0.3, 0.4) is 0 Å². The highest BCUT2D eigenvalue weighted by Crippen LogP contribution is 2.34. The highest BCUT2D eigenvalue weighted by atomic mass is 19.1. The third-order valence-corrected chi connectivity index (χ3v) is 4.30. The summed E-state index contributed by atoms with van der Waals surface area (Å²) in [5, 5.41) is 0.753. The summed E-state index contributed by atoms with van der Waals surface area (Å²) in [5.41, 5.74) is 3.38. The SMILES string of the molecule is CC1Cc2ccccc2N1C(=O)c1c[nH]c2cc(F)ccc12. The van der Waals surface area contributed by atoms with Crippen LogP contribution < -0.4 is 4.90 Å². The molecular weight excluding hydrogens is 279 g/mol. The van der Waals surface area contributed by atoms with Gasteiger partial charge in [-0.05, 0) is 43.2 Å². The topological polar surface area (TPSA) is 36.1 Å². The van der Waals surface area contributed by atoms with Gasteiger partial charge in [0, 0.05) is 28.8 Å². The van der Waals surface area contributed by atoms with E-state index in [4.69, 9.17) is 0 Å². The van der Waals surface area contributed by atoms with Crippen LogP contribution >= 0.6 is 0 Å². The monoisotopic (exact) mass is 294 g/mol. The number of benzene rings is 2. The predicted molar refractivity (Wildman–Crippen MR) is 84.7 cm³/mol. The first-order valence-corrected chi connectivity index (χ1v) is 7.33. The molecule has 1 aliphatic rings. The van der Waals surface area contributed by atoms with Gasteiger partial charge in [-0.1, -0.05) is 18.2 Å². The largest absolute Gasteiger partial charge is 0.360 e. The lowest BCUT2D eigenvalue weighted by molar-refractivity contribution is 0.0983. The van der Waals surface area contributed by atoms with Crippen LogP contribution in [0.2, 0.25) is 0 Å². The maximum atomic E-state index is 13.3. The number of fused-ring (bicyclic) bond motifs is 2. The minimum absolute atomic E-state index is 0.0460. The number of hydrogen-bond acceptors (Lipinski definition) is 1. The van der Waals surface area contributed by atoms with Gasteiger partial charge in [0.05, 0.1) is 5.56 Å². The van der Waals surface area contributed by atoms with Crippen LogP contribution in [0, 0.1) is 5.82 Å². The number of anilines is 1. The molecule has 4 rings (SSSR count). The molecule has 2 heterocycles. The Morgan fingerprint density at radius 1 is 1.27 bits per heavy atom. The van der Waals surface area contributed by atoms with E-state index in [1.165, 1.54) is 17.7 Å². The Hall–Kier alpha value is -2.62. The van der Waals surface area contributed by atoms with Gasteiger partial charge in [0.2, 0.25) is 0 Å². The number of nitrogens with one attached hydrogen (secondary N) is 1. The number of hydrogen-bond donors (Lipinski definition) is 1. The molecule has 3 aromatic rings. The predicted octanol–water partition coefficient (Wildman–Crippen LogP) is 3.90. The summed E-state index contributed by atoms with van der Waals surface area (Å²) < 4.78 is 13.3. The third-order valence-electron chi connectivity index (χ3n) is 4.30. The highest BCUT2D eigenvalue weighted by molar-refractivity contribution is 6.15. The number of aromatic amines is 1. The zero-order chi connectivity index (χ0) is 15.3. The van der Waals surface area contributed by atoms with Crippen LogP contribution in [0.25, 0.3) is 10.9 Å². The average Bonchev–Trinajstić information content (AvgIpc) is 3.06. The van der Waals surface area contributed by atoms with Gasteiger partial charge >= 0.3 is 0 Å². The summed E-state index contributed by atoms with van der Waals surface area (Å²) in [4.78, 5) is 17.8. The molecule has 0 radical (unpaired) electrons. The molecular formula is C18H15FN2O. The molecule has 1 amide bonds. The molecule has 1 N–H and O–H groups in total. The van der Waals surface area contributed by atoms with Crippen molar-refractivity contribution in [3.8, 4) is 0 Å². The molecule has 0 spiro atoms. The fourth-order valence-corrected chi connectivity index (χ4v) is 3.28. The van der Waals surface area contributed by atoms with E-state index in [1.807, 2.05) is 30.0 Å². The average molecular weight is 294 g/mol. The highest BCUT2D eigenvalue weighted by Gasteiger charge is 2.32. The molecule has 1 aliphatic heterocycles. The first kappa shape index (κ1) is 13.1. The van der Waals surface area contributed by atoms with E-state index < -0.39 is 0 Å². The van der Waals surface area contributed by atoms with Gasteiger partial charge in [-0.15, -0.1) is 0 Å². The van der Waals surface area contributed by atoms with Crippen molar-refractivity contribution in [2.45, 2.75) is 19.4 Å². The van der Waals surface area contributed by atoms with Crippen molar-refractivity contribution >= 4 is 22.5 Å². The summed E-state index contributed by atoms with van der Waals surface area (Å²) in [6, 6.07) is 12.5. The zero-order valence-corrected chi connectivity index (χ0v) is 12.1. The van der Waals surface area contributed by atoms with E-state index in [9.17, 15) is 9.18 Å². The zero-order valence-electron chi connectivity index (χ0n) is 12.1. The Bertz CT molecular complexity index is 884. The van der Waals surface area contributed by atoms with Crippen LogP contribution in [0.15, 0.2) is 48.7 Å². The molecule has 0 saturated heterocycles. The van der Waals surface area contributed by atoms with Crippen LogP contribution in [0.5, 0.6) is 0 Å². The summed E-state index contributed by atoms with van der Waals surface area (Å²) in [6.07, 6.45) is 2.53. The molecule has 2 aromatic carbocycles. The molecule has 0 saturated carbocycles. The second-order valence-corrected chi connectivity index (χ2v) is 5.75. The third kappa shape index (κ3) is 1.84. The Morgan fingerprint density at radius 2 is 2.09 bits per heavy atom. The normalized spacial score (nSPS) is 17.0. The van der Waals surface area contributed by atoms with E-state index in [0.717, 1.165) is 17.5 Å². The second kappa shape index (κ2) is 4.70. The number of H-pyrrole nitrogens is 1. The molecule has 1 unspecified atom stereocenters. The van der Waals surface area contributed by atoms with Crippen LogP contribution in [0.1, 0.15) is 22.8 Å². The Balaban J connectivity index is 1.81. The van der Waals surface area contributed by atoms with Crippen LogP contribution in [-0.2, 0) is 6.42 Å². The number of amides is 1. The van der Waals surface area contributed by atoms with Crippen LogP contribution in [0.4, 0.5) is 10.1 Å². The molecule has 0 fully saturated rings.